The standard InChI is InChI=1S/C27H38N6O2/c1-17(2)33-23(15-16-30-33)26(34)32-25(21-9-7-5-6-8-10-21)27(35)31-22-13-11-20(12-14-22)24(18(3)28)19(4)29/h11-17,21,25,28H,5-10,29H2,1-4H3,(H,31,35)(H,32,34)/b24-19+,28-18?. The third kappa shape index (κ3) is 6.59. The Morgan fingerprint density at radius 2 is 1.69 bits per heavy atom. The molecule has 1 aromatic heterocycles. The van der Waals surface area contributed by atoms with E-state index in [1.807, 2.05) is 26.0 Å². The van der Waals surface area contributed by atoms with Crippen LogP contribution in [0.3, 0.4) is 0 Å². The summed E-state index contributed by atoms with van der Waals surface area (Å²) in [4.78, 5) is 26.7. The van der Waals surface area contributed by atoms with Crippen molar-refractivity contribution in [1.29, 1.82) is 5.41 Å². The van der Waals surface area contributed by atoms with Gasteiger partial charge in [0.2, 0.25) is 5.91 Å². The summed E-state index contributed by atoms with van der Waals surface area (Å²) in [6, 6.07) is 8.39. The van der Waals surface area contributed by atoms with Crippen molar-refractivity contribution in [3.63, 3.8) is 0 Å². The van der Waals surface area contributed by atoms with E-state index in [1.165, 1.54) is 0 Å². The molecule has 2 aromatic rings. The van der Waals surface area contributed by atoms with Gasteiger partial charge in [0.1, 0.15) is 11.7 Å². The lowest BCUT2D eigenvalue weighted by atomic mass is 9.91. The molecule has 1 aliphatic carbocycles. The number of hydrogen-bond acceptors (Lipinski definition) is 5. The van der Waals surface area contributed by atoms with E-state index in [0.717, 1.165) is 44.1 Å². The van der Waals surface area contributed by atoms with Crippen molar-refractivity contribution >= 4 is 28.8 Å². The number of anilines is 1. The molecule has 1 aliphatic rings. The summed E-state index contributed by atoms with van der Waals surface area (Å²) in [5, 5.41) is 18.3. The van der Waals surface area contributed by atoms with E-state index in [-0.39, 0.29) is 23.8 Å². The lowest BCUT2D eigenvalue weighted by molar-refractivity contribution is -0.119. The predicted octanol–water partition coefficient (Wildman–Crippen LogP) is 4.90. The Kier molecular flexibility index (Phi) is 8.84. The summed E-state index contributed by atoms with van der Waals surface area (Å²) in [6.45, 7) is 7.41. The predicted molar refractivity (Wildman–Crippen MR) is 140 cm³/mol. The van der Waals surface area contributed by atoms with Crippen molar-refractivity contribution in [2.24, 2.45) is 11.7 Å². The van der Waals surface area contributed by atoms with E-state index < -0.39 is 6.04 Å². The molecule has 0 aliphatic heterocycles. The Balaban J connectivity index is 1.81. The van der Waals surface area contributed by atoms with Crippen LogP contribution < -0.4 is 16.4 Å². The van der Waals surface area contributed by atoms with Crippen LogP contribution in [0.15, 0.2) is 42.2 Å². The molecule has 1 atom stereocenters. The number of aromatic nitrogens is 2. The Morgan fingerprint density at radius 3 is 2.23 bits per heavy atom. The quantitative estimate of drug-likeness (QED) is 0.318. The van der Waals surface area contributed by atoms with Gasteiger partial charge in [0.25, 0.3) is 5.91 Å². The van der Waals surface area contributed by atoms with Crippen LogP contribution >= 0.6 is 0 Å². The zero-order chi connectivity index (χ0) is 25.5. The fourth-order valence-electron chi connectivity index (χ4n) is 4.84. The number of rotatable bonds is 8. The van der Waals surface area contributed by atoms with E-state index in [4.69, 9.17) is 11.1 Å². The van der Waals surface area contributed by atoms with Crippen LogP contribution in [-0.2, 0) is 4.79 Å². The number of carbonyl (C=O) groups excluding carboxylic acids is 2. The van der Waals surface area contributed by atoms with Crippen LogP contribution in [0.2, 0.25) is 0 Å². The molecule has 0 radical (unpaired) electrons. The summed E-state index contributed by atoms with van der Waals surface area (Å²) < 4.78 is 1.67. The maximum atomic E-state index is 13.5. The van der Waals surface area contributed by atoms with E-state index >= 15 is 0 Å². The molecule has 188 valence electrons. The van der Waals surface area contributed by atoms with Crippen molar-refractivity contribution in [1.82, 2.24) is 15.1 Å². The maximum absolute atomic E-state index is 13.5. The van der Waals surface area contributed by atoms with Gasteiger partial charge in [-0.15, -0.1) is 0 Å². The smallest absolute Gasteiger partial charge is 0.270 e. The number of allylic oxidation sites excluding steroid dienone is 2. The van der Waals surface area contributed by atoms with Crippen LogP contribution in [0.5, 0.6) is 0 Å². The largest absolute Gasteiger partial charge is 0.402 e. The molecular formula is C27H38N6O2. The number of carbonyl (C=O) groups is 2. The lowest BCUT2D eigenvalue weighted by Crippen LogP contribution is -2.49. The van der Waals surface area contributed by atoms with E-state index in [2.05, 4.69) is 15.7 Å². The minimum Gasteiger partial charge on any atom is -0.402 e. The highest BCUT2D eigenvalue weighted by atomic mass is 16.2. The Hall–Kier alpha value is -3.42. The van der Waals surface area contributed by atoms with Crippen molar-refractivity contribution < 1.29 is 9.59 Å². The highest BCUT2D eigenvalue weighted by Crippen LogP contribution is 2.27. The normalized spacial score (nSPS) is 16.3. The summed E-state index contributed by atoms with van der Waals surface area (Å²) in [6.07, 6.45) is 7.84. The van der Waals surface area contributed by atoms with Gasteiger partial charge in [-0.2, -0.15) is 5.10 Å². The first-order valence-electron chi connectivity index (χ1n) is 12.5. The molecule has 0 bridgehead atoms. The Bertz CT molecular complexity index is 1070. The van der Waals surface area contributed by atoms with Gasteiger partial charge in [0.15, 0.2) is 0 Å². The minimum atomic E-state index is -0.638. The third-order valence-electron chi connectivity index (χ3n) is 6.54. The molecule has 1 aromatic carbocycles. The van der Waals surface area contributed by atoms with E-state index in [0.29, 0.717) is 28.4 Å². The minimum absolute atomic E-state index is 0.0372. The van der Waals surface area contributed by atoms with Crippen molar-refractivity contribution in [3.8, 4) is 0 Å². The van der Waals surface area contributed by atoms with Crippen LogP contribution in [0, 0.1) is 11.3 Å². The van der Waals surface area contributed by atoms with Gasteiger partial charge in [-0.05, 0) is 70.2 Å². The summed E-state index contributed by atoms with van der Waals surface area (Å²) in [5.74, 6) is -0.431. The highest BCUT2D eigenvalue weighted by Gasteiger charge is 2.31. The summed E-state index contributed by atoms with van der Waals surface area (Å²) in [5.41, 5.74) is 9.53. The highest BCUT2D eigenvalue weighted by molar-refractivity contribution is 6.21. The second-order valence-corrected chi connectivity index (χ2v) is 9.71. The average Bonchev–Trinajstić information content (AvgIpc) is 3.15. The van der Waals surface area contributed by atoms with Crippen LogP contribution in [0.1, 0.15) is 88.3 Å². The molecule has 0 spiro atoms. The first-order valence-corrected chi connectivity index (χ1v) is 12.5. The third-order valence-corrected chi connectivity index (χ3v) is 6.54. The molecule has 1 fully saturated rings. The number of benzene rings is 1. The molecule has 1 unspecified atom stereocenters. The average molecular weight is 479 g/mol. The Labute approximate surface area is 207 Å². The number of nitrogens with two attached hydrogens (primary N) is 1. The van der Waals surface area contributed by atoms with Crippen LogP contribution in [0.25, 0.3) is 5.57 Å². The number of amides is 2. The zero-order valence-corrected chi connectivity index (χ0v) is 21.2. The zero-order valence-electron chi connectivity index (χ0n) is 21.2. The molecule has 5 N–H and O–H groups in total. The summed E-state index contributed by atoms with van der Waals surface area (Å²) in [7, 11) is 0. The van der Waals surface area contributed by atoms with Gasteiger partial charge < -0.3 is 21.8 Å². The van der Waals surface area contributed by atoms with Gasteiger partial charge in [-0.25, -0.2) is 0 Å². The van der Waals surface area contributed by atoms with Crippen molar-refractivity contribution in [2.45, 2.75) is 78.3 Å². The first-order chi connectivity index (χ1) is 16.7. The second-order valence-electron chi connectivity index (χ2n) is 9.71. The molecule has 2 amide bonds. The number of nitrogens with zero attached hydrogens (tertiary/aromatic N) is 2. The number of hydrogen-bond donors (Lipinski definition) is 4. The van der Waals surface area contributed by atoms with Gasteiger partial charge >= 0.3 is 0 Å². The molecule has 3 rings (SSSR count). The van der Waals surface area contributed by atoms with Crippen molar-refractivity contribution in [2.75, 3.05) is 5.32 Å². The van der Waals surface area contributed by atoms with E-state index in [1.54, 1.807) is 42.9 Å². The molecule has 8 heteroatoms. The van der Waals surface area contributed by atoms with Gasteiger partial charge in [0.05, 0.1) is 0 Å². The van der Waals surface area contributed by atoms with E-state index in [9.17, 15) is 9.59 Å². The van der Waals surface area contributed by atoms with Crippen LogP contribution in [0.4, 0.5) is 5.69 Å². The van der Waals surface area contributed by atoms with Gasteiger partial charge in [0, 0.05) is 34.9 Å². The fourth-order valence-corrected chi connectivity index (χ4v) is 4.84. The maximum Gasteiger partial charge on any atom is 0.270 e. The molecule has 35 heavy (non-hydrogen) atoms. The molecule has 1 heterocycles. The van der Waals surface area contributed by atoms with Crippen molar-refractivity contribution in [3.05, 3.63) is 53.5 Å². The molecule has 1 saturated carbocycles. The lowest BCUT2D eigenvalue weighted by Gasteiger charge is -2.26. The SMILES string of the molecule is CC(=N)/C(=C(/C)N)c1ccc(NC(=O)C(NC(=O)c2ccnn2C(C)C)C2CCCCCC2)cc1. The first kappa shape index (κ1) is 26.2. The fraction of sp³-hybridized carbons (Fsp3) is 0.481. The topological polar surface area (TPSA) is 126 Å². The summed E-state index contributed by atoms with van der Waals surface area (Å²) >= 11 is 0. The molecule has 0 saturated heterocycles. The molecular weight excluding hydrogens is 440 g/mol. The van der Waals surface area contributed by atoms with Gasteiger partial charge in [-0.3, -0.25) is 14.3 Å². The van der Waals surface area contributed by atoms with Crippen LogP contribution in [-0.4, -0.2) is 33.3 Å². The monoisotopic (exact) mass is 478 g/mol. The second kappa shape index (κ2) is 11.8. The van der Waals surface area contributed by atoms with Gasteiger partial charge in [-0.1, -0.05) is 37.8 Å². The molecule has 8 nitrogen and oxygen atoms in total. The Morgan fingerprint density at radius 1 is 1.06 bits per heavy atom. The number of nitrogens with one attached hydrogen (secondary N) is 3.